The minimum Gasteiger partial charge on any atom is -0.291 e. The molecule has 1 aliphatic heterocycles. The summed E-state index contributed by atoms with van der Waals surface area (Å²) in [5.74, 6) is 2.43. The van der Waals surface area contributed by atoms with Gasteiger partial charge >= 0.3 is 0 Å². The third-order valence-corrected chi connectivity index (χ3v) is 1.78. The molecule has 0 aromatic rings. The zero-order valence-corrected chi connectivity index (χ0v) is 5.36. The van der Waals surface area contributed by atoms with Crippen LogP contribution in [0.4, 0.5) is 0 Å². The summed E-state index contributed by atoms with van der Waals surface area (Å²) in [5, 5.41) is 6.81. The van der Waals surface area contributed by atoms with Gasteiger partial charge in [0, 0.05) is 5.87 Å². The average molecular weight is 111 g/mol. The predicted octanol–water partition coefficient (Wildman–Crippen LogP) is 0.599. The number of rotatable bonds is 0. The highest BCUT2D eigenvalue weighted by molar-refractivity contribution is 5.52. The lowest BCUT2D eigenvalue weighted by Gasteiger charge is -2.37. The zero-order chi connectivity index (χ0) is 6.20. The van der Waals surface area contributed by atoms with Gasteiger partial charge in [0.25, 0.3) is 0 Å². The Bertz CT molecular complexity index is 152. The van der Waals surface area contributed by atoms with E-state index in [9.17, 15) is 0 Å². The van der Waals surface area contributed by atoms with Gasteiger partial charge in [0.05, 0.1) is 27.1 Å². The zero-order valence-electron chi connectivity index (χ0n) is 5.36. The van der Waals surface area contributed by atoms with Crippen molar-refractivity contribution < 1.29 is 4.48 Å². The van der Waals surface area contributed by atoms with E-state index in [-0.39, 0.29) is 0 Å². The maximum atomic E-state index is 6.81. The van der Waals surface area contributed by atoms with Crippen LogP contribution < -0.4 is 0 Å². The maximum absolute atomic E-state index is 6.81. The standard InChI is InChI=1S/C6H11N2/c1-8(2)4-3-6(8)5-7/h7H,3-4H2,1-2H3/q+1. The fourth-order valence-electron chi connectivity index (χ4n) is 0.885. The van der Waals surface area contributed by atoms with Crippen molar-refractivity contribution >= 4 is 5.87 Å². The van der Waals surface area contributed by atoms with Crippen LogP contribution in [-0.2, 0) is 0 Å². The van der Waals surface area contributed by atoms with E-state index in [2.05, 4.69) is 20.0 Å². The summed E-state index contributed by atoms with van der Waals surface area (Å²) in [6, 6.07) is 0. The fourth-order valence-corrected chi connectivity index (χ4v) is 0.885. The molecule has 0 bridgehead atoms. The highest BCUT2D eigenvalue weighted by atomic mass is 15.4. The molecule has 2 heteroatoms. The second-order valence-electron chi connectivity index (χ2n) is 2.73. The van der Waals surface area contributed by atoms with Gasteiger partial charge in [0.1, 0.15) is 0 Å². The Labute approximate surface area is 49.5 Å². The van der Waals surface area contributed by atoms with Gasteiger partial charge in [0.2, 0.25) is 0 Å². The maximum Gasteiger partial charge on any atom is 0.175 e. The molecule has 8 heavy (non-hydrogen) atoms. The number of hydrogen-bond acceptors (Lipinski definition) is 1. The molecular formula is C6H11N2+. The van der Waals surface area contributed by atoms with Gasteiger partial charge in [-0.3, -0.25) is 9.89 Å². The number of nitrogens with one attached hydrogen (secondary N) is 1. The van der Waals surface area contributed by atoms with E-state index in [0.717, 1.165) is 16.6 Å². The lowest BCUT2D eigenvalue weighted by Crippen LogP contribution is -2.48. The normalized spacial score (nSPS) is 24.0. The summed E-state index contributed by atoms with van der Waals surface area (Å²) in [4.78, 5) is 0. The van der Waals surface area contributed by atoms with E-state index < -0.39 is 0 Å². The molecule has 1 fully saturated rings. The highest BCUT2D eigenvalue weighted by Gasteiger charge is 2.32. The third-order valence-electron chi connectivity index (χ3n) is 1.78. The Morgan fingerprint density at radius 1 is 1.62 bits per heavy atom. The van der Waals surface area contributed by atoms with E-state index in [1.54, 1.807) is 0 Å². The third kappa shape index (κ3) is 0.585. The van der Waals surface area contributed by atoms with Crippen molar-refractivity contribution in [3.63, 3.8) is 0 Å². The van der Waals surface area contributed by atoms with Crippen LogP contribution in [0.3, 0.4) is 0 Å². The van der Waals surface area contributed by atoms with Crippen molar-refractivity contribution in [2.75, 3.05) is 20.6 Å². The Morgan fingerprint density at radius 3 is 2.25 bits per heavy atom. The van der Waals surface area contributed by atoms with E-state index in [4.69, 9.17) is 5.41 Å². The molecule has 0 atom stereocenters. The summed E-state index contributed by atoms with van der Waals surface area (Å²) in [6.45, 7) is 1.17. The van der Waals surface area contributed by atoms with Crippen molar-refractivity contribution in [3.05, 3.63) is 5.70 Å². The van der Waals surface area contributed by atoms with Crippen LogP contribution in [0.25, 0.3) is 0 Å². The van der Waals surface area contributed by atoms with Gasteiger partial charge in [-0.2, -0.15) is 0 Å². The summed E-state index contributed by atoms with van der Waals surface area (Å²) in [7, 11) is 4.20. The van der Waals surface area contributed by atoms with Crippen molar-refractivity contribution in [3.8, 4) is 0 Å². The summed E-state index contributed by atoms with van der Waals surface area (Å²) < 4.78 is 0.878. The van der Waals surface area contributed by atoms with Gasteiger partial charge in [-0.1, -0.05) is 0 Å². The van der Waals surface area contributed by atoms with Crippen molar-refractivity contribution in [2.45, 2.75) is 6.42 Å². The number of hydrogen-bond donors (Lipinski definition) is 1. The minimum absolute atomic E-state index is 0.878. The van der Waals surface area contributed by atoms with E-state index in [1.807, 2.05) is 0 Å². The summed E-state index contributed by atoms with van der Waals surface area (Å²) >= 11 is 0. The first-order valence-electron chi connectivity index (χ1n) is 2.79. The largest absolute Gasteiger partial charge is 0.291 e. The Morgan fingerprint density at radius 2 is 2.25 bits per heavy atom. The predicted molar refractivity (Wildman–Crippen MR) is 32.8 cm³/mol. The number of likely N-dealkylation sites (tertiary alicyclic amines) is 1. The van der Waals surface area contributed by atoms with Gasteiger partial charge in [-0.05, 0) is 0 Å². The van der Waals surface area contributed by atoms with Crippen LogP contribution in [0, 0.1) is 5.41 Å². The van der Waals surface area contributed by atoms with Crippen molar-refractivity contribution in [2.24, 2.45) is 0 Å². The fraction of sp³-hybridized carbons (Fsp3) is 0.667. The highest BCUT2D eigenvalue weighted by Crippen LogP contribution is 2.23. The van der Waals surface area contributed by atoms with Gasteiger partial charge < -0.3 is 0 Å². The molecule has 0 radical (unpaired) electrons. The Balaban J connectivity index is 2.78. The molecule has 1 saturated heterocycles. The minimum atomic E-state index is 0.878. The second-order valence-corrected chi connectivity index (χ2v) is 2.73. The topological polar surface area (TPSA) is 23.9 Å². The SMILES string of the molecule is C[N+]1(C)CCC1=C=N. The van der Waals surface area contributed by atoms with E-state index in [1.165, 1.54) is 6.54 Å². The molecule has 0 amide bonds. The molecular weight excluding hydrogens is 100 g/mol. The van der Waals surface area contributed by atoms with Crippen molar-refractivity contribution in [1.82, 2.24) is 0 Å². The molecule has 2 nitrogen and oxygen atoms in total. The first-order valence-corrected chi connectivity index (χ1v) is 2.79. The quantitative estimate of drug-likeness (QED) is 0.349. The summed E-state index contributed by atoms with van der Waals surface area (Å²) in [6.07, 6.45) is 1.07. The van der Waals surface area contributed by atoms with Crippen LogP contribution in [0.2, 0.25) is 0 Å². The monoisotopic (exact) mass is 111 g/mol. The van der Waals surface area contributed by atoms with Gasteiger partial charge in [-0.25, -0.2) is 0 Å². The second kappa shape index (κ2) is 1.44. The molecule has 0 saturated carbocycles. The number of quaternary nitrogens is 1. The Hall–Kier alpha value is -0.590. The molecule has 0 aromatic heterocycles. The molecule has 1 rings (SSSR count). The average Bonchev–Trinajstić information content (AvgIpc) is 1.66. The Kier molecular flexibility index (Phi) is 0.999. The van der Waals surface area contributed by atoms with E-state index in [0.29, 0.717) is 0 Å². The lowest BCUT2D eigenvalue weighted by atomic mass is 10.1. The van der Waals surface area contributed by atoms with Crippen LogP contribution in [0.5, 0.6) is 0 Å². The van der Waals surface area contributed by atoms with Crippen LogP contribution in [0.1, 0.15) is 6.42 Å². The molecule has 0 spiro atoms. The molecule has 0 aliphatic carbocycles. The first-order chi connectivity index (χ1) is 3.67. The van der Waals surface area contributed by atoms with Crippen molar-refractivity contribution in [1.29, 1.82) is 5.41 Å². The van der Waals surface area contributed by atoms with Gasteiger partial charge in [0.15, 0.2) is 5.70 Å². The molecule has 1 aliphatic rings. The van der Waals surface area contributed by atoms with Gasteiger partial charge in [-0.15, -0.1) is 0 Å². The molecule has 1 heterocycles. The van der Waals surface area contributed by atoms with Crippen LogP contribution >= 0.6 is 0 Å². The molecule has 0 aromatic carbocycles. The van der Waals surface area contributed by atoms with E-state index >= 15 is 0 Å². The number of nitrogens with zero attached hydrogens (tertiary/aromatic N) is 1. The van der Waals surface area contributed by atoms with Crippen LogP contribution in [-0.4, -0.2) is 31.0 Å². The smallest absolute Gasteiger partial charge is 0.175 e. The lowest BCUT2D eigenvalue weighted by molar-refractivity contribution is -0.884. The molecule has 0 unspecified atom stereocenters. The molecule has 1 N–H and O–H groups in total. The van der Waals surface area contributed by atoms with Crippen LogP contribution in [0.15, 0.2) is 5.70 Å². The molecule has 44 valence electrons. The summed E-state index contributed by atoms with van der Waals surface area (Å²) in [5.41, 5.74) is 1.12. The first kappa shape index (κ1) is 5.54.